The molecule has 0 spiro atoms. The Kier molecular flexibility index (Phi) is 29.4. The van der Waals surface area contributed by atoms with Gasteiger partial charge in [-0.05, 0) is 38.0 Å². The molecule has 1 unspecified atom stereocenters. The first-order valence-electron chi connectivity index (χ1n) is 17.6. The predicted octanol–water partition coefficient (Wildman–Crippen LogP) is 7.21. The van der Waals surface area contributed by atoms with Crippen molar-refractivity contribution in [2.75, 3.05) is 13.2 Å². The largest absolute Gasteiger partial charge is 0.463 e. The van der Waals surface area contributed by atoms with Gasteiger partial charge >= 0.3 is 11.9 Å². The lowest BCUT2D eigenvalue weighted by molar-refractivity contribution is -0.152. The summed E-state index contributed by atoms with van der Waals surface area (Å²) in [5, 5.41) is 39.9. The number of aliphatic hydroxyl groups is 4. The number of ether oxygens (including phenoxy) is 2. The van der Waals surface area contributed by atoms with Gasteiger partial charge in [-0.1, -0.05) is 139 Å². The Bertz CT molecular complexity index is 891. The number of rotatable bonds is 29. The van der Waals surface area contributed by atoms with E-state index in [0.717, 1.165) is 31.6 Å². The summed E-state index contributed by atoms with van der Waals surface area (Å²) in [7, 11) is 0. The average molecular weight is 649 g/mol. The van der Waals surface area contributed by atoms with Crippen molar-refractivity contribution in [1.82, 2.24) is 0 Å². The maximum absolute atomic E-state index is 12.0. The molecule has 0 aromatic rings. The van der Waals surface area contributed by atoms with Crippen LogP contribution in [0.5, 0.6) is 0 Å². The van der Waals surface area contributed by atoms with E-state index in [4.69, 9.17) is 9.47 Å². The number of aliphatic hydroxyl groups excluding tert-OH is 4. The lowest BCUT2D eigenvalue weighted by Crippen LogP contribution is -2.26. The van der Waals surface area contributed by atoms with Crippen LogP contribution in [0.3, 0.4) is 0 Å². The molecule has 4 N–H and O–H groups in total. The van der Waals surface area contributed by atoms with Gasteiger partial charge in [-0.15, -0.1) is 0 Å². The van der Waals surface area contributed by atoms with Crippen molar-refractivity contribution in [1.29, 1.82) is 0 Å². The second-order valence-corrected chi connectivity index (χ2v) is 12.1. The van der Waals surface area contributed by atoms with Gasteiger partial charge in [0.25, 0.3) is 0 Å². The highest BCUT2D eigenvalue weighted by atomic mass is 16.6. The highest BCUT2D eigenvalue weighted by molar-refractivity contribution is 5.69. The Balaban J connectivity index is 3.87. The molecule has 0 aromatic heterocycles. The summed E-state index contributed by atoms with van der Waals surface area (Å²) in [5.74, 6) is -0.0595. The molecule has 0 saturated carbocycles. The van der Waals surface area contributed by atoms with Crippen molar-refractivity contribution in [3.63, 3.8) is 0 Å². The molecule has 0 aliphatic rings. The number of carbonyl (C=O) groups excluding carboxylic acids is 2. The molecule has 46 heavy (non-hydrogen) atoms. The van der Waals surface area contributed by atoms with E-state index in [2.05, 4.69) is 13.8 Å². The van der Waals surface area contributed by atoms with Crippen LogP contribution in [-0.2, 0) is 19.1 Å². The Morgan fingerprint density at radius 3 is 1.74 bits per heavy atom. The molecule has 0 aliphatic carbocycles. The van der Waals surface area contributed by atoms with E-state index in [-0.39, 0.29) is 32.0 Å². The lowest BCUT2D eigenvalue weighted by Gasteiger charge is -2.14. The molecule has 0 saturated heterocycles. The molecule has 0 amide bonds. The van der Waals surface area contributed by atoms with Crippen molar-refractivity contribution in [2.45, 2.75) is 148 Å². The molecule has 0 heterocycles. The van der Waals surface area contributed by atoms with Gasteiger partial charge in [-0.2, -0.15) is 0 Å². The van der Waals surface area contributed by atoms with Gasteiger partial charge in [-0.25, -0.2) is 0 Å². The number of hydrogen-bond acceptors (Lipinski definition) is 8. The van der Waals surface area contributed by atoms with Gasteiger partial charge in [0.2, 0.25) is 0 Å². The molecule has 5 atom stereocenters. The first-order chi connectivity index (χ1) is 22.2. The summed E-state index contributed by atoms with van der Waals surface area (Å²) in [6.07, 6.45) is 28.0. The van der Waals surface area contributed by atoms with Gasteiger partial charge in [0.1, 0.15) is 19.3 Å². The number of allylic oxidation sites excluding steroid dienone is 7. The van der Waals surface area contributed by atoms with Crippen LogP contribution >= 0.6 is 0 Å². The number of esters is 2. The second-order valence-electron chi connectivity index (χ2n) is 12.1. The monoisotopic (exact) mass is 648 g/mol. The quantitative estimate of drug-likeness (QED) is 0.0289. The fourth-order valence-electron chi connectivity index (χ4n) is 4.46. The highest BCUT2D eigenvalue weighted by Gasteiger charge is 2.15. The van der Waals surface area contributed by atoms with Gasteiger partial charge in [0.15, 0.2) is 0 Å². The molecule has 0 rings (SSSR count). The Morgan fingerprint density at radius 1 is 0.630 bits per heavy atom. The smallest absolute Gasteiger partial charge is 0.305 e. The summed E-state index contributed by atoms with van der Waals surface area (Å²) in [6.45, 7) is 6.11. The third-order valence-electron chi connectivity index (χ3n) is 7.65. The zero-order chi connectivity index (χ0) is 34.3. The summed E-state index contributed by atoms with van der Waals surface area (Å²) in [6, 6.07) is 0. The van der Waals surface area contributed by atoms with Crippen molar-refractivity contribution >= 4 is 11.9 Å². The van der Waals surface area contributed by atoms with E-state index in [1.54, 1.807) is 42.5 Å². The minimum atomic E-state index is -1.09. The van der Waals surface area contributed by atoms with E-state index in [1.807, 2.05) is 19.1 Å². The van der Waals surface area contributed by atoms with Crippen LogP contribution in [-0.4, -0.2) is 70.0 Å². The molecule has 0 aromatic carbocycles. The normalized spacial score (nSPS) is 15.7. The topological polar surface area (TPSA) is 134 Å². The third kappa shape index (κ3) is 28.9. The molecule has 8 heteroatoms. The van der Waals surface area contributed by atoms with Crippen LogP contribution < -0.4 is 0 Å². The summed E-state index contributed by atoms with van der Waals surface area (Å²) >= 11 is 0. The Labute approximate surface area is 279 Å². The molecule has 0 bridgehead atoms. The minimum Gasteiger partial charge on any atom is -0.463 e. The minimum absolute atomic E-state index is 0.0276. The zero-order valence-electron chi connectivity index (χ0n) is 28.8. The van der Waals surface area contributed by atoms with Gasteiger partial charge in [-0.3, -0.25) is 9.59 Å². The van der Waals surface area contributed by atoms with Gasteiger partial charge in [0, 0.05) is 12.8 Å². The third-order valence-corrected chi connectivity index (χ3v) is 7.65. The molecule has 8 nitrogen and oxygen atoms in total. The maximum Gasteiger partial charge on any atom is 0.305 e. The van der Waals surface area contributed by atoms with Crippen LogP contribution in [0.25, 0.3) is 0 Å². The maximum atomic E-state index is 12.0. The van der Waals surface area contributed by atoms with Crippen molar-refractivity contribution in [3.05, 3.63) is 60.8 Å². The van der Waals surface area contributed by atoms with E-state index in [1.165, 1.54) is 51.0 Å². The first-order valence-corrected chi connectivity index (χ1v) is 17.6. The fraction of sp³-hybridized carbons (Fsp3) is 0.684. The molecule has 264 valence electrons. The lowest BCUT2D eigenvalue weighted by atomic mass is 9.99. The molecule has 0 aliphatic heterocycles. The number of hydrogen-bond donors (Lipinski definition) is 4. The highest BCUT2D eigenvalue weighted by Crippen LogP contribution is 2.15. The van der Waals surface area contributed by atoms with E-state index >= 15 is 0 Å². The van der Waals surface area contributed by atoms with Crippen molar-refractivity contribution in [2.24, 2.45) is 5.92 Å². The summed E-state index contributed by atoms with van der Waals surface area (Å²) in [5.41, 5.74) is 0. The first kappa shape index (κ1) is 43.5. The van der Waals surface area contributed by atoms with E-state index < -0.39 is 30.4 Å². The van der Waals surface area contributed by atoms with Crippen molar-refractivity contribution in [3.8, 4) is 0 Å². The zero-order valence-corrected chi connectivity index (χ0v) is 28.8. The Morgan fingerprint density at radius 2 is 1.15 bits per heavy atom. The van der Waals surface area contributed by atoms with Crippen LogP contribution in [0.15, 0.2) is 60.8 Å². The molecule has 0 radical (unpaired) electrons. The van der Waals surface area contributed by atoms with Gasteiger partial charge in [0.05, 0.1) is 18.3 Å². The van der Waals surface area contributed by atoms with Crippen LogP contribution in [0, 0.1) is 5.92 Å². The van der Waals surface area contributed by atoms with Crippen LogP contribution in [0.1, 0.15) is 124 Å². The summed E-state index contributed by atoms with van der Waals surface area (Å²) in [4.78, 5) is 23.9. The van der Waals surface area contributed by atoms with Gasteiger partial charge < -0.3 is 29.9 Å². The van der Waals surface area contributed by atoms with Crippen LogP contribution in [0.2, 0.25) is 0 Å². The SMILES string of the molecule is CC/C=C\C[C@@H](O)/C=C/C=C/C=C\C=C/[C@H](O)[C@@H](O)CCCC(=O)OC[C@H](O)COC(=O)CCCCCCCCCCC(C)CC. The number of carbonyl (C=O) groups is 2. The number of unbranched alkanes of at least 4 members (excludes halogenated alkanes) is 7. The van der Waals surface area contributed by atoms with E-state index in [9.17, 15) is 30.0 Å². The molecule has 0 fully saturated rings. The van der Waals surface area contributed by atoms with Crippen LogP contribution in [0.4, 0.5) is 0 Å². The standard InChI is InChI=1S/C38H64O8/c1-4-6-17-24-33(39)25-19-14-11-12-15-20-26-35(41)36(42)27-22-29-38(44)46-31-34(40)30-45-37(43)28-21-16-10-8-7-9-13-18-23-32(3)5-2/h6,11-12,14-15,17,19-20,25-26,32-36,39-42H,4-5,7-10,13,16,18,21-24,27-31H2,1-3H3/b14-11+,15-12-,17-6-,25-19+,26-20-/t32?,33-,34-,35+,36+/m1/s1. The second kappa shape index (κ2) is 31.1. The van der Waals surface area contributed by atoms with Crippen molar-refractivity contribution < 1.29 is 39.5 Å². The predicted molar refractivity (Wildman–Crippen MR) is 186 cm³/mol. The molecular weight excluding hydrogens is 584 g/mol. The molecular formula is C38H64O8. The van der Waals surface area contributed by atoms with E-state index in [0.29, 0.717) is 19.3 Å². The summed E-state index contributed by atoms with van der Waals surface area (Å²) < 4.78 is 10.1. The average Bonchev–Trinajstić information content (AvgIpc) is 3.04. The fourth-order valence-corrected chi connectivity index (χ4v) is 4.46. The Hall–Kier alpha value is -2.52.